The van der Waals surface area contributed by atoms with Crippen LogP contribution in [0.25, 0.3) is 0 Å². The lowest BCUT2D eigenvalue weighted by Crippen LogP contribution is -2.37. The first kappa shape index (κ1) is 15.1. The number of anilines is 1. The van der Waals surface area contributed by atoms with E-state index in [0.29, 0.717) is 6.04 Å². The quantitative estimate of drug-likeness (QED) is 0.675. The van der Waals surface area contributed by atoms with Crippen molar-refractivity contribution in [1.82, 2.24) is 0 Å². The maximum atomic E-state index is 6.32. The average Bonchev–Trinajstić information content (AvgIpc) is 3.23. The first-order valence-corrected chi connectivity index (χ1v) is 8.28. The summed E-state index contributed by atoms with van der Waals surface area (Å²) in [7, 11) is 1.75. The van der Waals surface area contributed by atoms with Gasteiger partial charge in [-0.2, -0.15) is 0 Å². The molecule has 0 bridgehead atoms. The Morgan fingerprint density at radius 1 is 1.47 bits per heavy atom. The van der Waals surface area contributed by atoms with Gasteiger partial charge in [-0.05, 0) is 37.8 Å². The minimum Gasteiger partial charge on any atom is -0.383 e. The lowest BCUT2D eigenvalue weighted by Gasteiger charge is -2.33. The van der Waals surface area contributed by atoms with E-state index in [-0.39, 0.29) is 0 Å². The fraction of sp³-hybridized carbons (Fsp3) is 0.600. The molecule has 1 aliphatic carbocycles. The molecule has 1 unspecified atom stereocenters. The molecule has 1 aliphatic rings. The highest BCUT2D eigenvalue weighted by Gasteiger charge is 2.32. The third-order valence-corrected chi connectivity index (χ3v) is 4.78. The first-order valence-electron chi connectivity index (χ1n) is 6.78. The van der Waals surface area contributed by atoms with Crippen LogP contribution in [0, 0.1) is 5.92 Å². The zero-order valence-electron chi connectivity index (χ0n) is 11.5. The van der Waals surface area contributed by atoms with Crippen LogP contribution in [-0.4, -0.2) is 26.3 Å². The zero-order chi connectivity index (χ0) is 13.8. The van der Waals surface area contributed by atoms with Crippen LogP contribution in [0.2, 0.25) is 5.02 Å². The minimum absolute atomic E-state index is 0.548. The van der Waals surface area contributed by atoms with Gasteiger partial charge in [-0.15, -0.1) is 0 Å². The Bertz CT molecular complexity index is 423. The van der Waals surface area contributed by atoms with Crippen LogP contribution < -0.4 is 4.90 Å². The molecule has 1 saturated carbocycles. The monoisotopic (exact) mass is 345 g/mol. The fourth-order valence-electron chi connectivity index (χ4n) is 2.51. The summed E-state index contributed by atoms with van der Waals surface area (Å²) in [6.07, 6.45) is 2.68. The Kier molecular flexibility index (Phi) is 5.55. The molecule has 4 heteroatoms. The SMILES string of the molecule is COCCN(c1cccc(Cl)c1CBr)C(C)C1CC1. The summed E-state index contributed by atoms with van der Waals surface area (Å²) in [5.74, 6) is 0.819. The van der Waals surface area contributed by atoms with Crippen molar-refractivity contribution in [3.05, 3.63) is 28.8 Å². The standard InChI is InChI=1S/C15H21BrClNO/c1-11(12-6-7-12)18(8-9-19-2)15-5-3-4-14(17)13(15)10-16/h3-5,11-12H,6-10H2,1-2H3. The molecule has 0 N–H and O–H groups in total. The van der Waals surface area contributed by atoms with E-state index in [2.05, 4.69) is 33.8 Å². The molecule has 2 rings (SSSR count). The van der Waals surface area contributed by atoms with E-state index in [1.54, 1.807) is 7.11 Å². The molecule has 1 aromatic rings. The minimum atomic E-state index is 0.548. The van der Waals surface area contributed by atoms with Crippen LogP contribution >= 0.6 is 27.5 Å². The summed E-state index contributed by atoms with van der Waals surface area (Å²) in [5.41, 5.74) is 2.41. The van der Waals surface area contributed by atoms with E-state index in [9.17, 15) is 0 Å². The summed E-state index contributed by atoms with van der Waals surface area (Å²) in [5, 5.41) is 1.61. The molecular weight excluding hydrogens is 326 g/mol. The predicted molar refractivity (Wildman–Crippen MR) is 85.5 cm³/mol. The van der Waals surface area contributed by atoms with Crippen LogP contribution in [-0.2, 0) is 10.1 Å². The van der Waals surface area contributed by atoms with E-state index < -0.39 is 0 Å². The number of benzene rings is 1. The van der Waals surface area contributed by atoms with Gasteiger partial charge in [0.25, 0.3) is 0 Å². The molecule has 0 saturated heterocycles. The summed E-state index contributed by atoms with van der Waals surface area (Å²) in [6, 6.07) is 6.70. The smallest absolute Gasteiger partial charge is 0.0637 e. The highest BCUT2D eigenvalue weighted by Crippen LogP contribution is 2.39. The summed E-state index contributed by atoms with van der Waals surface area (Å²) in [6.45, 7) is 3.96. The molecular formula is C15H21BrClNO. The van der Waals surface area contributed by atoms with E-state index in [1.807, 2.05) is 12.1 Å². The van der Waals surface area contributed by atoms with Crippen molar-refractivity contribution in [3.8, 4) is 0 Å². The third kappa shape index (κ3) is 3.65. The average molecular weight is 347 g/mol. The molecule has 1 atom stereocenters. The Balaban J connectivity index is 2.28. The molecule has 0 spiro atoms. The Morgan fingerprint density at radius 3 is 2.79 bits per heavy atom. The molecule has 106 valence electrons. The molecule has 0 amide bonds. The normalized spacial score (nSPS) is 16.4. The second-order valence-electron chi connectivity index (χ2n) is 5.14. The Labute approximate surface area is 129 Å². The second kappa shape index (κ2) is 6.96. The van der Waals surface area contributed by atoms with Gasteiger partial charge >= 0.3 is 0 Å². The molecule has 0 aliphatic heterocycles. The van der Waals surface area contributed by atoms with Gasteiger partial charge in [-0.25, -0.2) is 0 Å². The van der Waals surface area contributed by atoms with Crippen molar-refractivity contribution in [3.63, 3.8) is 0 Å². The lowest BCUT2D eigenvalue weighted by atomic mass is 10.1. The maximum absolute atomic E-state index is 6.32. The predicted octanol–water partition coefficient (Wildman–Crippen LogP) is 4.49. The van der Waals surface area contributed by atoms with E-state index in [0.717, 1.165) is 29.4 Å². The summed E-state index contributed by atoms with van der Waals surface area (Å²) in [4.78, 5) is 2.45. The molecule has 0 heterocycles. The summed E-state index contributed by atoms with van der Waals surface area (Å²) < 4.78 is 5.26. The number of nitrogens with zero attached hydrogens (tertiary/aromatic N) is 1. The highest BCUT2D eigenvalue weighted by atomic mass is 79.9. The fourth-order valence-corrected chi connectivity index (χ4v) is 3.50. The molecule has 1 fully saturated rings. The molecule has 0 aromatic heterocycles. The van der Waals surface area contributed by atoms with Gasteiger partial charge in [-0.1, -0.05) is 33.6 Å². The number of alkyl halides is 1. The van der Waals surface area contributed by atoms with Gasteiger partial charge < -0.3 is 9.64 Å². The van der Waals surface area contributed by atoms with E-state index in [1.165, 1.54) is 24.1 Å². The van der Waals surface area contributed by atoms with Crippen molar-refractivity contribution in [2.75, 3.05) is 25.2 Å². The molecule has 0 radical (unpaired) electrons. The van der Waals surface area contributed by atoms with Crippen molar-refractivity contribution in [2.45, 2.75) is 31.1 Å². The van der Waals surface area contributed by atoms with Crippen LogP contribution in [0.1, 0.15) is 25.3 Å². The number of rotatable bonds is 7. The van der Waals surface area contributed by atoms with E-state index in [4.69, 9.17) is 16.3 Å². The van der Waals surface area contributed by atoms with Gasteiger partial charge in [0.1, 0.15) is 0 Å². The van der Waals surface area contributed by atoms with Crippen LogP contribution in [0.15, 0.2) is 18.2 Å². The van der Waals surface area contributed by atoms with Crippen molar-refractivity contribution >= 4 is 33.2 Å². The number of methoxy groups -OCH3 is 1. The van der Waals surface area contributed by atoms with Crippen molar-refractivity contribution < 1.29 is 4.74 Å². The number of hydrogen-bond acceptors (Lipinski definition) is 2. The van der Waals surface area contributed by atoms with Gasteiger partial charge in [0, 0.05) is 41.3 Å². The third-order valence-electron chi connectivity index (χ3n) is 3.87. The van der Waals surface area contributed by atoms with E-state index >= 15 is 0 Å². The summed E-state index contributed by atoms with van der Waals surface area (Å²) >= 11 is 9.87. The number of hydrogen-bond donors (Lipinski definition) is 0. The maximum Gasteiger partial charge on any atom is 0.0637 e. The van der Waals surface area contributed by atoms with Crippen LogP contribution in [0.3, 0.4) is 0 Å². The Morgan fingerprint density at radius 2 is 2.21 bits per heavy atom. The second-order valence-corrected chi connectivity index (χ2v) is 6.10. The van der Waals surface area contributed by atoms with Gasteiger partial charge in [0.05, 0.1) is 6.61 Å². The number of halogens is 2. The lowest BCUT2D eigenvalue weighted by molar-refractivity contribution is 0.202. The first-order chi connectivity index (χ1) is 9.19. The zero-order valence-corrected chi connectivity index (χ0v) is 13.9. The number of ether oxygens (including phenoxy) is 1. The van der Waals surface area contributed by atoms with Crippen molar-refractivity contribution in [2.24, 2.45) is 5.92 Å². The topological polar surface area (TPSA) is 12.5 Å². The molecule has 19 heavy (non-hydrogen) atoms. The Hall–Kier alpha value is -0.250. The van der Waals surface area contributed by atoms with Gasteiger partial charge in [-0.3, -0.25) is 0 Å². The largest absolute Gasteiger partial charge is 0.383 e. The van der Waals surface area contributed by atoms with Crippen molar-refractivity contribution in [1.29, 1.82) is 0 Å². The van der Waals surface area contributed by atoms with Crippen LogP contribution in [0.5, 0.6) is 0 Å². The van der Waals surface area contributed by atoms with Gasteiger partial charge in [0.2, 0.25) is 0 Å². The van der Waals surface area contributed by atoms with Gasteiger partial charge in [0.15, 0.2) is 0 Å². The highest BCUT2D eigenvalue weighted by molar-refractivity contribution is 9.08. The molecule has 2 nitrogen and oxygen atoms in total. The molecule has 1 aromatic carbocycles. The van der Waals surface area contributed by atoms with Crippen LogP contribution in [0.4, 0.5) is 5.69 Å².